The smallest absolute Gasteiger partial charge is 0.156 e. The maximum absolute atomic E-state index is 5.45. The second kappa shape index (κ2) is 12.4. The van der Waals surface area contributed by atoms with Gasteiger partial charge in [-0.25, -0.2) is 9.97 Å². The second-order valence-corrected chi connectivity index (χ2v) is 17.4. The van der Waals surface area contributed by atoms with E-state index in [1.165, 1.54) is 94.6 Å². The minimum atomic E-state index is -0.429. The molecule has 0 radical (unpaired) electrons. The summed E-state index contributed by atoms with van der Waals surface area (Å²) >= 11 is 0. The number of aromatic nitrogens is 2. The first-order valence-electron chi connectivity index (χ1n) is 21.9. The van der Waals surface area contributed by atoms with E-state index in [0.717, 1.165) is 41.2 Å². The third kappa shape index (κ3) is 4.24. The van der Waals surface area contributed by atoms with Gasteiger partial charge in [-0.15, -0.1) is 0 Å². The molecule has 14 rings (SSSR count). The van der Waals surface area contributed by atoms with Gasteiger partial charge in [0.1, 0.15) is 0 Å². The standard InChI is InChI=1S/C60H38N2/c1-2-16-37(17-3-1)58-61-56(38-30-32-46-44-22-8-14-28-52(44)59(54(46)34-38)48-24-10-4-18-40(48)41-19-5-11-25-49(41)59)36-57(62-58)39-31-33-47-45-23-9-15-29-53(45)60(55(47)35-39)50-26-12-6-20-42(50)43-21-7-13-27-51(43)60/h1-2,4-16,18-36H,3,17H2. The van der Waals surface area contributed by atoms with Crippen molar-refractivity contribution in [3.8, 4) is 67.0 Å². The molecular formula is C60H38N2. The van der Waals surface area contributed by atoms with Gasteiger partial charge in [0.25, 0.3) is 0 Å². The van der Waals surface area contributed by atoms with Crippen molar-refractivity contribution in [3.05, 3.63) is 257 Å². The van der Waals surface area contributed by atoms with E-state index in [-0.39, 0.29) is 0 Å². The molecule has 1 heterocycles. The number of benzene rings is 8. The first-order chi connectivity index (χ1) is 30.7. The van der Waals surface area contributed by atoms with Crippen LogP contribution in [0.25, 0.3) is 72.6 Å². The van der Waals surface area contributed by atoms with Gasteiger partial charge in [-0.3, -0.25) is 0 Å². The molecule has 2 nitrogen and oxygen atoms in total. The second-order valence-electron chi connectivity index (χ2n) is 17.4. The Morgan fingerprint density at radius 3 is 1.02 bits per heavy atom. The van der Waals surface area contributed by atoms with Gasteiger partial charge in [-0.2, -0.15) is 0 Å². The Hall–Kier alpha value is -7.68. The summed E-state index contributed by atoms with van der Waals surface area (Å²) in [5.41, 5.74) is 25.5. The third-order valence-electron chi connectivity index (χ3n) is 14.6. The minimum absolute atomic E-state index is 0.429. The van der Waals surface area contributed by atoms with Crippen LogP contribution in [0, 0.1) is 0 Å². The fourth-order valence-electron chi connectivity index (χ4n) is 12.2. The zero-order valence-electron chi connectivity index (χ0n) is 33.9. The summed E-state index contributed by atoms with van der Waals surface area (Å²) in [6, 6.07) is 70.5. The molecule has 5 aliphatic carbocycles. The van der Waals surface area contributed by atoms with Gasteiger partial charge in [0, 0.05) is 11.1 Å². The van der Waals surface area contributed by atoms with Crippen molar-refractivity contribution in [1.82, 2.24) is 9.97 Å². The normalized spacial score (nSPS) is 15.6. The van der Waals surface area contributed by atoms with Crippen LogP contribution in [0.2, 0.25) is 0 Å². The van der Waals surface area contributed by atoms with E-state index in [1.54, 1.807) is 0 Å². The van der Waals surface area contributed by atoms with Crippen molar-refractivity contribution in [3.63, 3.8) is 0 Å². The number of hydrogen-bond donors (Lipinski definition) is 0. The summed E-state index contributed by atoms with van der Waals surface area (Å²) in [5, 5.41) is 0. The van der Waals surface area contributed by atoms with Gasteiger partial charge in [0.2, 0.25) is 0 Å². The molecule has 0 aliphatic heterocycles. The van der Waals surface area contributed by atoms with Crippen molar-refractivity contribution in [2.24, 2.45) is 0 Å². The van der Waals surface area contributed by atoms with Gasteiger partial charge >= 0.3 is 0 Å². The van der Waals surface area contributed by atoms with Crippen molar-refractivity contribution in [1.29, 1.82) is 0 Å². The molecule has 2 heteroatoms. The van der Waals surface area contributed by atoms with Crippen LogP contribution in [0.1, 0.15) is 63.2 Å². The highest BCUT2D eigenvalue weighted by molar-refractivity contribution is 5.98. The van der Waals surface area contributed by atoms with Gasteiger partial charge in [0.05, 0.1) is 22.2 Å². The van der Waals surface area contributed by atoms with Crippen LogP contribution in [-0.2, 0) is 10.8 Å². The van der Waals surface area contributed by atoms with Crippen LogP contribution in [0.4, 0.5) is 0 Å². The van der Waals surface area contributed by atoms with Crippen LogP contribution in [0.3, 0.4) is 0 Å². The van der Waals surface area contributed by atoms with E-state index >= 15 is 0 Å². The number of nitrogens with zero attached hydrogens (tertiary/aromatic N) is 2. The molecule has 0 bridgehead atoms. The Bertz CT molecular complexity index is 3150. The highest BCUT2D eigenvalue weighted by Gasteiger charge is 2.53. The largest absolute Gasteiger partial charge is 0.228 e. The molecule has 2 spiro atoms. The average molecular weight is 787 g/mol. The van der Waals surface area contributed by atoms with Crippen molar-refractivity contribution >= 4 is 5.57 Å². The molecule has 62 heavy (non-hydrogen) atoms. The van der Waals surface area contributed by atoms with Gasteiger partial charge in [0.15, 0.2) is 5.82 Å². The molecule has 0 saturated carbocycles. The summed E-state index contributed by atoms with van der Waals surface area (Å²) < 4.78 is 0. The SMILES string of the molecule is C1=CCCC(c2nc(-c3ccc4c(c3)C3(c5ccccc5-c5ccccc53)c3ccccc3-4)cc(-c3ccc4c(c3)C3(c5ccccc5-c5ccccc53)c3ccccc3-4)n2)=C1. The van der Waals surface area contributed by atoms with Crippen LogP contribution in [0.5, 0.6) is 0 Å². The Balaban J connectivity index is 0.999. The first kappa shape index (κ1) is 34.1. The Morgan fingerprint density at radius 1 is 0.339 bits per heavy atom. The molecular weight excluding hydrogens is 749 g/mol. The maximum atomic E-state index is 5.45. The lowest BCUT2D eigenvalue weighted by Crippen LogP contribution is -2.25. The molecule has 0 saturated heterocycles. The summed E-state index contributed by atoms with van der Waals surface area (Å²) in [4.78, 5) is 10.9. The number of rotatable bonds is 3. The summed E-state index contributed by atoms with van der Waals surface area (Å²) in [5.74, 6) is 0.798. The predicted octanol–water partition coefficient (Wildman–Crippen LogP) is 14.2. The molecule has 0 atom stereocenters. The third-order valence-corrected chi connectivity index (χ3v) is 14.6. The van der Waals surface area contributed by atoms with E-state index in [0.29, 0.717) is 0 Å². The first-order valence-corrected chi connectivity index (χ1v) is 21.9. The Kier molecular flexibility index (Phi) is 6.84. The van der Waals surface area contributed by atoms with E-state index in [2.05, 4.69) is 206 Å². The zero-order chi connectivity index (χ0) is 40.6. The Morgan fingerprint density at radius 2 is 0.677 bits per heavy atom. The molecule has 0 amide bonds. The van der Waals surface area contributed by atoms with E-state index in [4.69, 9.17) is 9.97 Å². The Labute approximate surface area is 361 Å². The highest BCUT2D eigenvalue weighted by Crippen LogP contribution is 2.64. The molecule has 5 aliphatic rings. The summed E-state index contributed by atoms with van der Waals surface area (Å²) in [7, 11) is 0. The van der Waals surface area contributed by atoms with E-state index < -0.39 is 10.8 Å². The fraction of sp³-hybridized carbons (Fsp3) is 0.0667. The molecule has 0 fully saturated rings. The van der Waals surface area contributed by atoms with Crippen LogP contribution < -0.4 is 0 Å². The van der Waals surface area contributed by atoms with Gasteiger partial charge in [-0.1, -0.05) is 188 Å². The highest BCUT2D eigenvalue weighted by atomic mass is 14.9. The van der Waals surface area contributed by atoms with Crippen molar-refractivity contribution in [2.75, 3.05) is 0 Å². The lowest BCUT2D eigenvalue weighted by molar-refractivity contribution is 0.794. The zero-order valence-corrected chi connectivity index (χ0v) is 33.9. The van der Waals surface area contributed by atoms with Gasteiger partial charge < -0.3 is 0 Å². The number of hydrogen-bond acceptors (Lipinski definition) is 2. The van der Waals surface area contributed by atoms with Crippen LogP contribution in [0.15, 0.2) is 206 Å². The molecule has 8 aromatic carbocycles. The molecule has 0 N–H and O–H groups in total. The predicted molar refractivity (Wildman–Crippen MR) is 252 cm³/mol. The maximum Gasteiger partial charge on any atom is 0.156 e. The van der Waals surface area contributed by atoms with Crippen molar-refractivity contribution in [2.45, 2.75) is 23.7 Å². The molecule has 1 aromatic heterocycles. The van der Waals surface area contributed by atoms with E-state index in [1.807, 2.05) is 0 Å². The lowest BCUT2D eigenvalue weighted by atomic mass is 9.70. The summed E-state index contributed by atoms with van der Waals surface area (Å²) in [6.45, 7) is 0. The van der Waals surface area contributed by atoms with Crippen LogP contribution >= 0.6 is 0 Å². The molecule has 0 unspecified atom stereocenters. The molecule has 9 aromatic rings. The minimum Gasteiger partial charge on any atom is -0.228 e. The topological polar surface area (TPSA) is 25.8 Å². The lowest BCUT2D eigenvalue weighted by Gasteiger charge is -2.30. The van der Waals surface area contributed by atoms with Crippen LogP contribution in [-0.4, -0.2) is 9.97 Å². The van der Waals surface area contributed by atoms with Gasteiger partial charge in [-0.05, 0) is 126 Å². The van der Waals surface area contributed by atoms with Crippen molar-refractivity contribution < 1.29 is 0 Å². The van der Waals surface area contributed by atoms with E-state index in [9.17, 15) is 0 Å². The number of allylic oxidation sites excluding steroid dienone is 4. The fourth-order valence-corrected chi connectivity index (χ4v) is 12.2. The number of fused-ring (bicyclic) bond motifs is 20. The summed E-state index contributed by atoms with van der Waals surface area (Å²) in [6.07, 6.45) is 8.48. The average Bonchev–Trinajstić information content (AvgIpc) is 4.03. The molecule has 288 valence electrons. The monoisotopic (exact) mass is 786 g/mol. The quantitative estimate of drug-likeness (QED) is 0.178.